The van der Waals surface area contributed by atoms with Crippen LogP contribution >= 0.6 is 35.6 Å². The Hall–Kier alpha value is -1.01. The van der Waals surface area contributed by atoms with Crippen LogP contribution < -0.4 is 11.1 Å². The number of benzene rings is 1. The van der Waals surface area contributed by atoms with Crippen molar-refractivity contribution in [3.05, 3.63) is 33.8 Å². The van der Waals surface area contributed by atoms with Crippen molar-refractivity contribution >= 4 is 47.4 Å². The first kappa shape index (κ1) is 19.0. The predicted octanol–water partition coefficient (Wildman–Crippen LogP) is 1.45. The molecule has 0 spiro atoms. The molecule has 5 nitrogen and oxygen atoms in total. The summed E-state index contributed by atoms with van der Waals surface area (Å²) in [6, 6.07) is 5.23. The Morgan fingerprint density at radius 3 is 2.60 bits per heavy atom. The number of amides is 2. The van der Waals surface area contributed by atoms with Crippen molar-refractivity contribution in [1.29, 1.82) is 0 Å². The van der Waals surface area contributed by atoms with Crippen molar-refractivity contribution in [2.45, 2.75) is 6.54 Å². The topological polar surface area (TPSA) is 75.4 Å². The summed E-state index contributed by atoms with van der Waals surface area (Å²) in [5.74, 6) is -0.611. The maximum atomic E-state index is 11.8. The standard InChI is InChI=1S/C12H15Cl2N3O2.ClH/c1-17(11(19)6-16-10(18)5-15)7-8-3-2-4-9(13)12(8)14;/h2-4H,5-7,15H2,1H3,(H,16,18);1H. The predicted molar refractivity (Wildman–Crippen MR) is 82.2 cm³/mol. The van der Waals surface area contributed by atoms with Gasteiger partial charge in [0.15, 0.2) is 0 Å². The van der Waals surface area contributed by atoms with Gasteiger partial charge in [-0.1, -0.05) is 35.3 Å². The van der Waals surface area contributed by atoms with Gasteiger partial charge in [0.25, 0.3) is 0 Å². The fourth-order valence-electron chi connectivity index (χ4n) is 1.40. The summed E-state index contributed by atoms with van der Waals surface area (Å²) < 4.78 is 0. The highest BCUT2D eigenvalue weighted by atomic mass is 35.5. The van der Waals surface area contributed by atoms with Crippen molar-refractivity contribution in [1.82, 2.24) is 10.2 Å². The van der Waals surface area contributed by atoms with E-state index in [4.69, 9.17) is 28.9 Å². The highest BCUT2D eigenvalue weighted by Gasteiger charge is 2.12. The monoisotopic (exact) mass is 339 g/mol. The van der Waals surface area contributed by atoms with Gasteiger partial charge in [-0.2, -0.15) is 0 Å². The summed E-state index contributed by atoms with van der Waals surface area (Å²) in [4.78, 5) is 24.2. The van der Waals surface area contributed by atoms with Gasteiger partial charge < -0.3 is 16.0 Å². The van der Waals surface area contributed by atoms with E-state index < -0.39 is 0 Å². The summed E-state index contributed by atoms with van der Waals surface area (Å²) in [5.41, 5.74) is 5.87. The minimum absolute atomic E-state index is 0. The summed E-state index contributed by atoms with van der Waals surface area (Å²) >= 11 is 11.9. The van der Waals surface area contributed by atoms with Gasteiger partial charge in [0, 0.05) is 13.6 Å². The summed E-state index contributed by atoms with van der Waals surface area (Å²) in [5, 5.41) is 3.28. The molecule has 0 aromatic heterocycles. The van der Waals surface area contributed by atoms with E-state index in [9.17, 15) is 9.59 Å². The lowest BCUT2D eigenvalue weighted by Crippen LogP contribution is -2.40. The van der Waals surface area contributed by atoms with Crippen LogP contribution in [0.5, 0.6) is 0 Å². The number of halogens is 3. The maximum absolute atomic E-state index is 11.8. The van der Waals surface area contributed by atoms with Crippen LogP contribution in [0.1, 0.15) is 5.56 Å². The van der Waals surface area contributed by atoms with E-state index in [0.717, 1.165) is 5.56 Å². The van der Waals surface area contributed by atoms with E-state index in [0.29, 0.717) is 16.6 Å². The van der Waals surface area contributed by atoms with E-state index in [2.05, 4.69) is 5.32 Å². The average Bonchev–Trinajstić information content (AvgIpc) is 2.40. The van der Waals surface area contributed by atoms with Crippen LogP contribution in [-0.4, -0.2) is 36.9 Å². The molecule has 0 saturated carbocycles. The fourth-order valence-corrected chi connectivity index (χ4v) is 1.78. The number of hydrogen-bond acceptors (Lipinski definition) is 3. The number of nitrogens with two attached hydrogens (primary N) is 1. The molecule has 1 aromatic rings. The zero-order chi connectivity index (χ0) is 14.4. The lowest BCUT2D eigenvalue weighted by atomic mass is 10.2. The zero-order valence-corrected chi connectivity index (χ0v) is 13.2. The molecule has 3 N–H and O–H groups in total. The molecule has 8 heteroatoms. The molecule has 0 aliphatic rings. The van der Waals surface area contributed by atoms with Crippen molar-refractivity contribution in [3.63, 3.8) is 0 Å². The first-order valence-corrected chi connectivity index (χ1v) is 6.35. The largest absolute Gasteiger partial charge is 0.346 e. The minimum Gasteiger partial charge on any atom is -0.346 e. The Bertz CT molecular complexity index is 483. The molecule has 0 saturated heterocycles. The number of nitrogens with one attached hydrogen (secondary N) is 1. The lowest BCUT2D eigenvalue weighted by molar-refractivity contribution is -0.131. The van der Waals surface area contributed by atoms with Gasteiger partial charge in [-0.25, -0.2) is 0 Å². The minimum atomic E-state index is -0.373. The molecule has 112 valence electrons. The highest BCUT2D eigenvalue weighted by molar-refractivity contribution is 6.42. The Balaban J connectivity index is 0.00000361. The second-order valence-electron chi connectivity index (χ2n) is 3.94. The van der Waals surface area contributed by atoms with E-state index >= 15 is 0 Å². The Kier molecular flexibility index (Phi) is 8.57. The van der Waals surface area contributed by atoms with Gasteiger partial charge in [0.2, 0.25) is 11.8 Å². The summed E-state index contributed by atoms with van der Waals surface area (Å²) in [6.45, 7) is 0.0819. The SMILES string of the molecule is CN(Cc1cccc(Cl)c1Cl)C(=O)CNC(=O)CN.Cl. The first-order chi connectivity index (χ1) is 8.95. The third-order valence-corrected chi connectivity index (χ3v) is 3.35. The number of rotatable bonds is 5. The normalized spacial score (nSPS) is 9.60. The smallest absolute Gasteiger partial charge is 0.242 e. The maximum Gasteiger partial charge on any atom is 0.242 e. The van der Waals surface area contributed by atoms with Crippen LogP contribution in [0.15, 0.2) is 18.2 Å². The molecule has 0 radical (unpaired) electrons. The van der Waals surface area contributed by atoms with Crippen molar-refractivity contribution in [2.24, 2.45) is 5.73 Å². The van der Waals surface area contributed by atoms with Gasteiger partial charge in [0.1, 0.15) is 0 Å². The van der Waals surface area contributed by atoms with E-state index in [-0.39, 0.29) is 37.3 Å². The number of hydrogen-bond donors (Lipinski definition) is 2. The van der Waals surface area contributed by atoms with E-state index in [1.807, 2.05) is 0 Å². The second-order valence-corrected chi connectivity index (χ2v) is 4.73. The molecule has 20 heavy (non-hydrogen) atoms. The molecular formula is C12H16Cl3N3O2. The third-order valence-electron chi connectivity index (χ3n) is 2.49. The highest BCUT2D eigenvalue weighted by Crippen LogP contribution is 2.26. The Morgan fingerprint density at radius 2 is 2.00 bits per heavy atom. The van der Waals surface area contributed by atoms with Crippen LogP contribution in [0.4, 0.5) is 0 Å². The lowest BCUT2D eigenvalue weighted by Gasteiger charge is -2.18. The number of likely N-dealkylation sites (N-methyl/N-ethyl adjacent to an activating group) is 1. The van der Waals surface area contributed by atoms with Crippen molar-refractivity contribution < 1.29 is 9.59 Å². The molecule has 0 fully saturated rings. The van der Waals surface area contributed by atoms with Crippen LogP contribution in [0.25, 0.3) is 0 Å². The van der Waals surface area contributed by atoms with Gasteiger partial charge in [-0.05, 0) is 11.6 Å². The molecule has 0 bridgehead atoms. The van der Waals surface area contributed by atoms with E-state index in [1.54, 1.807) is 25.2 Å². The average molecular weight is 341 g/mol. The molecule has 0 aliphatic heterocycles. The van der Waals surface area contributed by atoms with Gasteiger partial charge in [0.05, 0.1) is 23.1 Å². The first-order valence-electron chi connectivity index (χ1n) is 5.59. The van der Waals surface area contributed by atoms with Crippen molar-refractivity contribution in [3.8, 4) is 0 Å². The summed E-state index contributed by atoms with van der Waals surface area (Å²) in [7, 11) is 1.62. The molecule has 0 aliphatic carbocycles. The van der Waals surface area contributed by atoms with Gasteiger partial charge in [-0.15, -0.1) is 12.4 Å². The number of carbonyl (C=O) groups excluding carboxylic acids is 2. The van der Waals surface area contributed by atoms with E-state index in [1.165, 1.54) is 4.90 Å². The Labute approximate surface area is 133 Å². The third kappa shape index (κ3) is 5.54. The number of carbonyl (C=O) groups is 2. The van der Waals surface area contributed by atoms with Crippen LogP contribution in [0.3, 0.4) is 0 Å². The zero-order valence-electron chi connectivity index (χ0n) is 10.9. The second kappa shape index (κ2) is 9.02. The molecule has 1 aromatic carbocycles. The van der Waals surface area contributed by atoms with Gasteiger partial charge in [-0.3, -0.25) is 9.59 Å². The molecule has 2 amide bonds. The fraction of sp³-hybridized carbons (Fsp3) is 0.333. The number of nitrogens with zero attached hydrogens (tertiary/aromatic N) is 1. The molecule has 0 unspecified atom stereocenters. The quantitative estimate of drug-likeness (QED) is 0.852. The van der Waals surface area contributed by atoms with Crippen LogP contribution in [0, 0.1) is 0 Å². The Morgan fingerprint density at radius 1 is 1.35 bits per heavy atom. The van der Waals surface area contributed by atoms with Crippen LogP contribution in [0.2, 0.25) is 10.0 Å². The van der Waals surface area contributed by atoms with Gasteiger partial charge >= 0.3 is 0 Å². The van der Waals surface area contributed by atoms with Crippen molar-refractivity contribution in [2.75, 3.05) is 20.1 Å². The molecule has 0 heterocycles. The van der Waals surface area contributed by atoms with Crippen LogP contribution in [-0.2, 0) is 16.1 Å². The molecule has 1 rings (SSSR count). The molecular weight excluding hydrogens is 325 g/mol. The summed E-state index contributed by atoms with van der Waals surface area (Å²) in [6.07, 6.45) is 0. The molecule has 0 atom stereocenters.